The summed E-state index contributed by atoms with van der Waals surface area (Å²) in [4.78, 5) is 32.3. The van der Waals surface area contributed by atoms with E-state index in [-0.39, 0.29) is 42.6 Å². The fraction of sp³-hybridized carbons (Fsp3) is 0.292. The lowest BCUT2D eigenvalue weighted by Gasteiger charge is -2.36. The number of aryl methyl sites for hydroxylation is 1. The molecular weight excluding hydrogens is 468 g/mol. The second kappa shape index (κ2) is 10.6. The molecule has 34 heavy (non-hydrogen) atoms. The fourth-order valence-electron chi connectivity index (χ4n) is 3.64. The van der Waals surface area contributed by atoms with E-state index in [1.54, 1.807) is 4.90 Å². The van der Waals surface area contributed by atoms with E-state index < -0.39 is 17.6 Å². The highest BCUT2D eigenvalue weighted by atomic mass is 35.5. The summed E-state index contributed by atoms with van der Waals surface area (Å²) in [5.41, 5.74) is 1.08. The van der Waals surface area contributed by atoms with Crippen LogP contribution in [0.15, 0.2) is 53.1 Å². The van der Waals surface area contributed by atoms with Gasteiger partial charge >= 0.3 is 5.97 Å². The molecule has 3 aromatic rings. The van der Waals surface area contributed by atoms with Crippen molar-refractivity contribution in [2.24, 2.45) is 0 Å². The van der Waals surface area contributed by atoms with Crippen molar-refractivity contribution in [1.29, 1.82) is 0 Å². The first kappa shape index (κ1) is 23.7. The molecule has 0 radical (unpaired) electrons. The molecule has 7 nitrogen and oxygen atoms in total. The average Bonchev–Trinajstić information content (AvgIpc) is 3.30. The van der Waals surface area contributed by atoms with Crippen LogP contribution in [0.4, 0.5) is 14.5 Å². The number of benzene rings is 2. The third kappa shape index (κ3) is 5.91. The number of oxazole rings is 1. The quantitative estimate of drug-likeness (QED) is 0.465. The van der Waals surface area contributed by atoms with Crippen LogP contribution in [0, 0.1) is 11.6 Å². The molecule has 0 N–H and O–H groups in total. The van der Waals surface area contributed by atoms with Crippen molar-refractivity contribution in [2.75, 3.05) is 37.7 Å². The Labute approximate surface area is 199 Å². The Morgan fingerprint density at radius 1 is 1.09 bits per heavy atom. The van der Waals surface area contributed by atoms with Crippen molar-refractivity contribution >= 4 is 29.2 Å². The molecule has 178 valence electrons. The number of anilines is 1. The molecule has 10 heteroatoms. The van der Waals surface area contributed by atoms with Gasteiger partial charge in [0.15, 0.2) is 18.3 Å². The number of carbonyl (C=O) groups is 2. The number of carbonyl (C=O) groups excluding carboxylic acids is 2. The van der Waals surface area contributed by atoms with Crippen molar-refractivity contribution in [3.05, 3.63) is 71.2 Å². The van der Waals surface area contributed by atoms with Gasteiger partial charge in [-0.05, 0) is 30.3 Å². The Morgan fingerprint density at radius 2 is 1.88 bits per heavy atom. The fourth-order valence-corrected chi connectivity index (χ4v) is 3.83. The van der Waals surface area contributed by atoms with Gasteiger partial charge in [-0.1, -0.05) is 17.7 Å². The highest BCUT2D eigenvalue weighted by Gasteiger charge is 2.22. The molecule has 0 aliphatic carbocycles. The van der Waals surface area contributed by atoms with Crippen LogP contribution in [0.5, 0.6) is 0 Å². The first-order chi connectivity index (χ1) is 16.4. The third-order valence-corrected chi connectivity index (χ3v) is 5.69. The lowest BCUT2D eigenvalue weighted by atomic mass is 10.2. The van der Waals surface area contributed by atoms with E-state index in [1.807, 2.05) is 24.3 Å². The van der Waals surface area contributed by atoms with Crippen LogP contribution < -0.4 is 4.90 Å². The molecule has 2 aromatic carbocycles. The second-order valence-electron chi connectivity index (χ2n) is 7.75. The van der Waals surface area contributed by atoms with Gasteiger partial charge in [0.25, 0.3) is 5.91 Å². The molecule has 1 fully saturated rings. The molecule has 4 rings (SSSR count). The van der Waals surface area contributed by atoms with Gasteiger partial charge in [0.2, 0.25) is 0 Å². The molecule has 0 saturated carbocycles. The van der Waals surface area contributed by atoms with Crippen LogP contribution in [0.25, 0.3) is 11.3 Å². The minimum atomic E-state index is -0.769. The van der Waals surface area contributed by atoms with Crippen LogP contribution >= 0.6 is 11.6 Å². The summed E-state index contributed by atoms with van der Waals surface area (Å²) in [6.45, 7) is 2.00. The minimum absolute atomic E-state index is 0.0539. The first-order valence-electron chi connectivity index (χ1n) is 10.7. The van der Waals surface area contributed by atoms with Gasteiger partial charge in [0, 0.05) is 49.4 Å². The lowest BCUT2D eigenvalue weighted by Crippen LogP contribution is -2.49. The maximum Gasteiger partial charge on any atom is 0.306 e. The zero-order chi connectivity index (χ0) is 24.1. The van der Waals surface area contributed by atoms with Gasteiger partial charge in [0.05, 0.1) is 18.2 Å². The maximum absolute atomic E-state index is 13.9. The van der Waals surface area contributed by atoms with E-state index in [4.69, 9.17) is 20.8 Å². The number of hydrogen-bond donors (Lipinski definition) is 0. The van der Waals surface area contributed by atoms with Crippen LogP contribution in [-0.4, -0.2) is 54.5 Å². The largest absolute Gasteiger partial charge is 0.456 e. The normalized spacial score (nSPS) is 13.7. The average molecular weight is 490 g/mol. The molecule has 1 amide bonds. The van der Waals surface area contributed by atoms with Crippen LogP contribution in [0.1, 0.15) is 12.3 Å². The molecule has 0 atom stereocenters. The number of ether oxygens (including phenoxy) is 1. The van der Waals surface area contributed by atoms with Crippen molar-refractivity contribution in [1.82, 2.24) is 9.88 Å². The highest BCUT2D eigenvalue weighted by Crippen LogP contribution is 2.25. The SMILES string of the molecule is O=C(CCc1ncc(-c2ccc(F)cc2F)o1)OCC(=O)N1CCN(c2cccc(Cl)c2)CC1. The maximum atomic E-state index is 13.9. The van der Waals surface area contributed by atoms with Crippen molar-refractivity contribution in [3.8, 4) is 11.3 Å². The number of hydrogen-bond acceptors (Lipinski definition) is 6. The number of piperazine rings is 1. The predicted octanol–water partition coefficient (Wildman–Crippen LogP) is 4.10. The number of aromatic nitrogens is 1. The lowest BCUT2D eigenvalue weighted by molar-refractivity contribution is -0.152. The summed E-state index contributed by atoms with van der Waals surface area (Å²) >= 11 is 6.04. The Balaban J connectivity index is 1.20. The summed E-state index contributed by atoms with van der Waals surface area (Å²) in [6, 6.07) is 10.7. The molecule has 0 spiro atoms. The van der Waals surface area contributed by atoms with Gasteiger partial charge < -0.3 is 19.0 Å². The van der Waals surface area contributed by atoms with E-state index in [0.29, 0.717) is 31.2 Å². The molecular formula is C24H22ClF2N3O4. The van der Waals surface area contributed by atoms with Gasteiger partial charge in [-0.15, -0.1) is 0 Å². The molecule has 1 aliphatic rings. The number of amides is 1. The Kier molecular flexibility index (Phi) is 7.42. The summed E-state index contributed by atoms with van der Waals surface area (Å²) in [5, 5.41) is 0.659. The van der Waals surface area contributed by atoms with Gasteiger partial charge in [-0.25, -0.2) is 13.8 Å². The van der Waals surface area contributed by atoms with Crippen LogP contribution in [0.2, 0.25) is 5.02 Å². The van der Waals surface area contributed by atoms with Crippen molar-refractivity contribution in [3.63, 3.8) is 0 Å². The summed E-state index contributed by atoms with van der Waals surface area (Å²) in [5.74, 6) is -1.95. The molecule has 1 aromatic heterocycles. The summed E-state index contributed by atoms with van der Waals surface area (Å²) in [7, 11) is 0. The smallest absolute Gasteiger partial charge is 0.306 e. The first-order valence-corrected chi connectivity index (χ1v) is 11.1. The van der Waals surface area contributed by atoms with E-state index in [0.717, 1.165) is 17.8 Å². The van der Waals surface area contributed by atoms with E-state index in [1.165, 1.54) is 12.3 Å². The van der Waals surface area contributed by atoms with Crippen LogP contribution in [0.3, 0.4) is 0 Å². The molecule has 0 bridgehead atoms. The molecule has 0 unspecified atom stereocenters. The van der Waals surface area contributed by atoms with Crippen molar-refractivity contribution in [2.45, 2.75) is 12.8 Å². The zero-order valence-electron chi connectivity index (χ0n) is 18.2. The topological polar surface area (TPSA) is 75.9 Å². The zero-order valence-corrected chi connectivity index (χ0v) is 18.9. The third-order valence-electron chi connectivity index (χ3n) is 5.46. The number of esters is 1. The van der Waals surface area contributed by atoms with E-state index >= 15 is 0 Å². The van der Waals surface area contributed by atoms with Gasteiger partial charge in [0.1, 0.15) is 11.6 Å². The monoisotopic (exact) mass is 489 g/mol. The summed E-state index contributed by atoms with van der Waals surface area (Å²) in [6.07, 6.45) is 1.37. The predicted molar refractivity (Wildman–Crippen MR) is 121 cm³/mol. The van der Waals surface area contributed by atoms with Gasteiger partial charge in [-0.2, -0.15) is 0 Å². The molecule has 1 saturated heterocycles. The van der Waals surface area contributed by atoms with E-state index in [9.17, 15) is 18.4 Å². The molecule has 1 aliphatic heterocycles. The van der Waals surface area contributed by atoms with Gasteiger partial charge in [-0.3, -0.25) is 9.59 Å². The highest BCUT2D eigenvalue weighted by molar-refractivity contribution is 6.30. The van der Waals surface area contributed by atoms with Crippen molar-refractivity contribution < 1.29 is 27.5 Å². The Bertz CT molecular complexity index is 1180. The number of halogens is 3. The van der Waals surface area contributed by atoms with Crippen LogP contribution in [-0.2, 0) is 20.7 Å². The Morgan fingerprint density at radius 3 is 2.62 bits per heavy atom. The standard InChI is InChI=1S/C24H22ClF2N3O4/c25-16-2-1-3-18(12-16)29-8-10-30(11-9-29)23(31)15-33-24(32)7-6-22-28-14-21(34-22)19-5-4-17(26)13-20(19)27/h1-5,12-14H,6-11,15H2. The number of nitrogens with zero attached hydrogens (tertiary/aromatic N) is 3. The number of rotatable bonds is 7. The minimum Gasteiger partial charge on any atom is -0.456 e. The summed E-state index contributed by atoms with van der Waals surface area (Å²) < 4.78 is 37.5. The molecule has 2 heterocycles. The van der Waals surface area contributed by atoms with E-state index in [2.05, 4.69) is 9.88 Å². The second-order valence-corrected chi connectivity index (χ2v) is 8.19. The Hall–Kier alpha value is -3.46.